The van der Waals surface area contributed by atoms with E-state index in [-0.39, 0.29) is 11.7 Å². The van der Waals surface area contributed by atoms with Crippen molar-refractivity contribution >= 4 is 22.5 Å². The van der Waals surface area contributed by atoms with Crippen LogP contribution in [0.5, 0.6) is 23.0 Å². The number of nitrogens with zero attached hydrogens (tertiary/aromatic N) is 1. The lowest BCUT2D eigenvalue weighted by Crippen LogP contribution is -2.11. The maximum atomic E-state index is 12.2. The number of rotatable bonds is 5. The van der Waals surface area contributed by atoms with Gasteiger partial charge in [-0.15, -0.1) is 0 Å². The van der Waals surface area contributed by atoms with Crippen LogP contribution in [0.25, 0.3) is 10.9 Å². The van der Waals surface area contributed by atoms with Gasteiger partial charge in [0, 0.05) is 28.9 Å². The normalized spacial score (nSPS) is 10.0. The molecule has 0 aliphatic rings. The van der Waals surface area contributed by atoms with Crippen molar-refractivity contribution in [3.05, 3.63) is 84.6 Å². The van der Waals surface area contributed by atoms with Gasteiger partial charge in [0.05, 0.1) is 12.6 Å². The van der Waals surface area contributed by atoms with E-state index in [1.807, 2.05) is 32.0 Å². The van der Waals surface area contributed by atoms with Crippen LogP contribution in [0.2, 0.25) is 0 Å². The molecule has 3 aromatic carbocycles. The summed E-state index contributed by atoms with van der Waals surface area (Å²) < 4.78 is 11.2. The van der Waals surface area contributed by atoms with Gasteiger partial charge in [-0.25, -0.2) is 0 Å². The van der Waals surface area contributed by atoms with Crippen LogP contribution >= 0.6 is 0 Å². The summed E-state index contributed by atoms with van der Waals surface area (Å²) in [6.45, 7) is 4.00. The topological polar surface area (TPSA) is 80.7 Å². The van der Waals surface area contributed by atoms with Crippen LogP contribution in [0.1, 0.15) is 24.2 Å². The Bertz CT molecular complexity index is 1160. The van der Waals surface area contributed by atoms with Gasteiger partial charge in [0.25, 0.3) is 5.91 Å². The van der Waals surface area contributed by atoms with Crippen molar-refractivity contribution in [3.8, 4) is 23.0 Å². The first-order valence-electron chi connectivity index (χ1n) is 9.94. The number of aromatic hydroxyl groups is 1. The zero-order valence-electron chi connectivity index (χ0n) is 17.6. The van der Waals surface area contributed by atoms with E-state index >= 15 is 0 Å². The van der Waals surface area contributed by atoms with E-state index in [0.29, 0.717) is 39.4 Å². The van der Waals surface area contributed by atoms with Crippen molar-refractivity contribution in [1.82, 2.24) is 4.98 Å². The predicted octanol–water partition coefficient (Wildman–Crippen LogP) is 6.02. The third-order valence-electron chi connectivity index (χ3n) is 4.38. The Morgan fingerprint density at radius 2 is 1.65 bits per heavy atom. The number of phenolic OH excluding ortho intramolecular Hbond substituents is 1. The fraction of sp³-hybridized carbons (Fsp3) is 0.120. The first kappa shape index (κ1) is 21.6. The highest BCUT2D eigenvalue weighted by Gasteiger charge is 2.11. The second kappa shape index (κ2) is 10.1. The third-order valence-corrected chi connectivity index (χ3v) is 4.38. The minimum atomic E-state index is -0.175. The quantitative estimate of drug-likeness (QED) is 0.416. The van der Waals surface area contributed by atoms with E-state index in [0.717, 1.165) is 0 Å². The fourth-order valence-corrected chi connectivity index (χ4v) is 2.92. The van der Waals surface area contributed by atoms with E-state index in [2.05, 4.69) is 10.3 Å². The molecule has 6 nitrogen and oxygen atoms in total. The van der Waals surface area contributed by atoms with Crippen LogP contribution in [0.3, 0.4) is 0 Å². The van der Waals surface area contributed by atoms with Crippen molar-refractivity contribution in [2.75, 3.05) is 12.4 Å². The minimum Gasteiger partial charge on any atom is -0.504 e. The molecule has 6 heteroatoms. The molecule has 0 spiro atoms. The highest BCUT2D eigenvalue weighted by molar-refractivity contribution is 6.04. The Labute approximate surface area is 181 Å². The number of pyridine rings is 1. The Morgan fingerprint density at radius 1 is 0.935 bits per heavy atom. The van der Waals surface area contributed by atoms with Gasteiger partial charge >= 0.3 is 0 Å². The average Bonchev–Trinajstić information content (AvgIpc) is 2.82. The first-order valence-corrected chi connectivity index (χ1v) is 9.94. The number of fused-ring (bicyclic) bond motifs is 1. The monoisotopic (exact) mass is 416 g/mol. The highest BCUT2D eigenvalue weighted by atomic mass is 16.5. The van der Waals surface area contributed by atoms with Gasteiger partial charge in [-0.05, 0) is 48.5 Å². The Balaban J connectivity index is 0.00000132. The fourth-order valence-electron chi connectivity index (χ4n) is 2.92. The molecule has 0 saturated carbocycles. The van der Waals surface area contributed by atoms with Gasteiger partial charge in [0.15, 0.2) is 11.5 Å². The zero-order chi connectivity index (χ0) is 22.2. The van der Waals surface area contributed by atoms with Crippen LogP contribution < -0.4 is 14.8 Å². The van der Waals surface area contributed by atoms with Crippen molar-refractivity contribution in [2.45, 2.75) is 13.8 Å². The van der Waals surface area contributed by atoms with E-state index in [1.54, 1.807) is 54.7 Å². The van der Waals surface area contributed by atoms with Crippen LogP contribution in [-0.4, -0.2) is 23.1 Å². The molecule has 0 aliphatic heterocycles. The molecule has 0 bridgehead atoms. The molecule has 0 radical (unpaired) electrons. The lowest BCUT2D eigenvalue weighted by Gasteiger charge is -2.11. The van der Waals surface area contributed by atoms with E-state index in [4.69, 9.17) is 9.47 Å². The van der Waals surface area contributed by atoms with Crippen LogP contribution in [0, 0.1) is 0 Å². The van der Waals surface area contributed by atoms with Crippen molar-refractivity contribution < 1.29 is 19.4 Å². The molecule has 1 amide bonds. The molecule has 0 unspecified atom stereocenters. The maximum Gasteiger partial charge on any atom is 0.255 e. The summed E-state index contributed by atoms with van der Waals surface area (Å²) in [5.41, 5.74) is 1.85. The van der Waals surface area contributed by atoms with Crippen LogP contribution in [0.15, 0.2) is 79.0 Å². The smallest absolute Gasteiger partial charge is 0.255 e. The Morgan fingerprint density at radius 3 is 2.32 bits per heavy atom. The van der Waals surface area contributed by atoms with Gasteiger partial charge in [-0.2, -0.15) is 0 Å². The molecule has 0 fully saturated rings. The molecule has 31 heavy (non-hydrogen) atoms. The molecule has 4 aromatic rings. The number of benzene rings is 3. The number of anilines is 1. The molecular weight excluding hydrogens is 392 g/mol. The number of nitrogens with one attached hydrogen (secondary N) is 1. The number of carbonyl (C=O) groups excluding carboxylic acids is 1. The van der Waals surface area contributed by atoms with Crippen molar-refractivity contribution in [2.24, 2.45) is 0 Å². The molecule has 2 N–H and O–H groups in total. The number of carbonyl (C=O) groups is 1. The number of hydrogen-bond donors (Lipinski definition) is 2. The molecule has 0 atom stereocenters. The molecule has 4 rings (SSSR count). The standard InChI is InChI=1S/C23H18N2O4.C2H6/c1-28-22-13-18-19(14-20(22)26)24-12-11-21(18)29-17-9-7-16(8-10-17)25-23(27)15-5-3-2-4-6-15;1-2/h2-14,26H,1H3,(H,25,27);1-2H3. The minimum absolute atomic E-state index is 0.0168. The zero-order valence-corrected chi connectivity index (χ0v) is 17.6. The lowest BCUT2D eigenvalue weighted by atomic mass is 10.2. The SMILES string of the molecule is CC.COc1cc2c(Oc3ccc(NC(=O)c4ccccc4)cc3)ccnc2cc1O. The first-order chi connectivity index (χ1) is 15.1. The van der Waals surface area contributed by atoms with Crippen LogP contribution in [-0.2, 0) is 0 Å². The Kier molecular flexibility index (Phi) is 7.06. The summed E-state index contributed by atoms with van der Waals surface area (Å²) in [6.07, 6.45) is 1.61. The summed E-state index contributed by atoms with van der Waals surface area (Å²) in [7, 11) is 1.49. The van der Waals surface area contributed by atoms with Crippen molar-refractivity contribution in [1.29, 1.82) is 0 Å². The summed E-state index contributed by atoms with van der Waals surface area (Å²) in [6, 6.07) is 21.0. The summed E-state index contributed by atoms with van der Waals surface area (Å²) in [4.78, 5) is 16.5. The van der Waals surface area contributed by atoms with Crippen molar-refractivity contribution in [3.63, 3.8) is 0 Å². The largest absolute Gasteiger partial charge is 0.504 e. The van der Waals surface area contributed by atoms with Crippen LogP contribution in [0.4, 0.5) is 5.69 Å². The lowest BCUT2D eigenvalue weighted by molar-refractivity contribution is 0.102. The molecule has 158 valence electrons. The molecular formula is C25H24N2O4. The molecule has 1 aromatic heterocycles. The average molecular weight is 416 g/mol. The third kappa shape index (κ3) is 5.11. The number of methoxy groups -OCH3 is 1. The molecule has 0 aliphatic carbocycles. The second-order valence-corrected chi connectivity index (χ2v) is 6.30. The van der Waals surface area contributed by atoms with E-state index in [9.17, 15) is 9.90 Å². The number of phenols is 1. The Hall–Kier alpha value is -4.06. The van der Waals surface area contributed by atoms with Gasteiger partial charge in [0.2, 0.25) is 0 Å². The molecule has 0 saturated heterocycles. The van der Waals surface area contributed by atoms with E-state index < -0.39 is 0 Å². The summed E-state index contributed by atoms with van der Waals surface area (Å²) in [5, 5.41) is 13.5. The van der Waals surface area contributed by atoms with Gasteiger partial charge < -0.3 is 19.9 Å². The molecule has 1 heterocycles. The highest BCUT2D eigenvalue weighted by Crippen LogP contribution is 2.36. The summed E-state index contributed by atoms with van der Waals surface area (Å²) >= 11 is 0. The van der Waals surface area contributed by atoms with Gasteiger partial charge in [-0.1, -0.05) is 32.0 Å². The number of hydrogen-bond acceptors (Lipinski definition) is 5. The number of amides is 1. The van der Waals surface area contributed by atoms with E-state index in [1.165, 1.54) is 13.2 Å². The number of ether oxygens (including phenoxy) is 2. The van der Waals surface area contributed by atoms with Gasteiger partial charge in [-0.3, -0.25) is 9.78 Å². The summed E-state index contributed by atoms with van der Waals surface area (Å²) in [5.74, 6) is 1.36. The number of aromatic nitrogens is 1. The maximum absolute atomic E-state index is 12.2. The van der Waals surface area contributed by atoms with Gasteiger partial charge in [0.1, 0.15) is 11.5 Å². The second-order valence-electron chi connectivity index (χ2n) is 6.30. The predicted molar refractivity (Wildman–Crippen MR) is 122 cm³/mol.